The van der Waals surface area contributed by atoms with Crippen LogP contribution in [-0.2, 0) is 6.18 Å². The molecule has 0 heterocycles. The molecule has 0 aliphatic carbocycles. The maximum Gasteiger partial charge on any atom is 0.420 e. The van der Waals surface area contributed by atoms with Crippen LogP contribution in [0.5, 0.6) is 0 Å². The van der Waals surface area contributed by atoms with E-state index in [0.717, 1.165) is 6.07 Å². The van der Waals surface area contributed by atoms with Gasteiger partial charge in [-0.15, -0.1) is 0 Å². The molecule has 0 atom stereocenters. The van der Waals surface area contributed by atoms with Crippen molar-refractivity contribution in [3.05, 3.63) is 34.6 Å². The molecule has 7 heteroatoms. The zero-order valence-corrected chi connectivity index (χ0v) is 7.60. The van der Waals surface area contributed by atoms with Crippen LogP contribution in [-0.4, -0.2) is 5.91 Å². The summed E-state index contributed by atoms with van der Waals surface area (Å²) in [5.41, 5.74) is 1.09. The van der Waals surface area contributed by atoms with E-state index < -0.39 is 34.6 Å². The van der Waals surface area contributed by atoms with Gasteiger partial charge in [0.2, 0.25) is 5.91 Å². The van der Waals surface area contributed by atoms with Crippen LogP contribution >= 0.6 is 0 Å². The minimum Gasteiger partial charge on any atom is -0.366 e. The summed E-state index contributed by atoms with van der Waals surface area (Å²) < 4.78 is 50.5. The minimum atomic E-state index is -5.08. The van der Waals surface area contributed by atoms with Gasteiger partial charge in [-0.05, 0) is 12.1 Å². The second-order valence-corrected chi connectivity index (χ2v) is 2.82. The Bertz CT molecular complexity index is 488. The average Bonchev–Trinajstić information content (AvgIpc) is 2.14. The molecule has 3 nitrogen and oxygen atoms in total. The quantitative estimate of drug-likeness (QED) is 0.750. The number of carbonyl (C=O) groups excluding carboxylic acids is 1. The number of nitrogens with two attached hydrogens (primary N) is 1. The van der Waals surface area contributed by atoms with Gasteiger partial charge < -0.3 is 5.73 Å². The largest absolute Gasteiger partial charge is 0.420 e. The highest BCUT2D eigenvalue weighted by atomic mass is 19.4. The Morgan fingerprint density at radius 2 is 1.94 bits per heavy atom. The third kappa shape index (κ3) is 1.95. The number of nitriles is 1. The standard InChI is InChI=1S/C9H4F4N2O/c10-7-4(3-14)1-2-5(8(15)16)6(7)9(11,12)13/h1-2H,(H2,15,16). The van der Waals surface area contributed by atoms with Gasteiger partial charge in [0, 0.05) is 0 Å². The Morgan fingerprint density at radius 3 is 2.31 bits per heavy atom. The predicted octanol–water partition coefficient (Wildman–Crippen LogP) is 1.82. The van der Waals surface area contributed by atoms with Crippen molar-refractivity contribution in [2.24, 2.45) is 5.73 Å². The average molecular weight is 232 g/mol. The van der Waals surface area contributed by atoms with Crippen molar-refractivity contribution >= 4 is 5.91 Å². The van der Waals surface area contributed by atoms with Crippen LogP contribution in [0.15, 0.2) is 12.1 Å². The van der Waals surface area contributed by atoms with Crippen molar-refractivity contribution in [3.8, 4) is 6.07 Å². The lowest BCUT2D eigenvalue weighted by atomic mass is 10.0. The highest BCUT2D eigenvalue weighted by Gasteiger charge is 2.39. The van der Waals surface area contributed by atoms with Gasteiger partial charge >= 0.3 is 6.18 Å². The van der Waals surface area contributed by atoms with Crippen LogP contribution in [0, 0.1) is 17.1 Å². The highest BCUT2D eigenvalue weighted by Crippen LogP contribution is 2.35. The monoisotopic (exact) mass is 232 g/mol. The first-order valence-electron chi connectivity index (χ1n) is 3.88. The summed E-state index contributed by atoms with van der Waals surface area (Å²) in [6.07, 6.45) is -5.08. The lowest BCUT2D eigenvalue weighted by molar-refractivity contribution is -0.140. The molecule has 16 heavy (non-hydrogen) atoms. The molecule has 2 N–H and O–H groups in total. The molecule has 0 bridgehead atoms. The van der Waals surface area contributed by atoms with Crippen LogP contribution in [0.2, 0.25) is 0 Å². The first-order valence-corrected chi connectivity index (χ1v) is 3.88. The molecule has 0 aliphatic rings. The number of hydrogen-bond acceptors (Lipinski definition) is 2. The second-order valence-electron chi connectivity index (χ2n) is 2.82. The summed E-state index contributed by atoms with van der Waals surface area (Å²) in [6, 6.07) is 2.69. The van der Waals surface area contributed by atoms with Crippen LogP contribution in [0.1, 0.15) is 21.5 Å². The first-order chi connectivity index (χ1) is 7.29. The topological polar surface area (TPSA) is 66.9 Å². The number of carbonyl (C=O) groups is 1. The number of benzene rings is 1. The number of hydrogen-bond donors (Lipinski definition) is 1. The Balaban J connectivity index is 3.64. The summed E-state index contributed by atoms with van der Waals surface area (Å²) in [4.78, 5) is 10.7. The van der Waals surface area contributed by atoms with Crippen LogP contribution in [0.4, 0.5) is 17.6 Å². The lowest BCUT2D eigenvalue weighted by Gasteiger charge is -2.12. The van der Waals surface area contributed by atoms with Crippen molar-refractivity contribution in [1.29, 1.82) is 5.26 Å². The molecule has 0 saturated heterocycles. The summed E-state index contributed by atoms with van der Waals surface area (Å²) in [7, 11) is 0. The second kappa shape index (κ2) is 3.81. The van der Waals surface area contributed by atoms with E-state index >= 15 is 0 Å². The number of halogens is 4. The maximum absolute atomic E-state index is 13.2. The van der Waals surface area contributed by atoms with E-state index in [1.165, 1.54) is 6.07 Å². The Labute approximate surface area is 87.1 Å². The minimum absolute atomic E-state index is 0.673. The van der Waals surface area contributed by atoms with E-state index in [1.807, 2.05) is 0 Å². The molecule has 0 spiro atoms. The zero-order chi connectivity index (χ0) is 12.5. The van der Waals surface area contributed by atoms with Gasteiger partial charge in [-0.3, -0.25) is 4.79 Å². The fraction of sp³-hybridized carbons (Fsp3) is 0.111. The number of amides is 1. The number of rotatable bonds is 1. The fourth-order valence-electron chi connectivity index (χ4n) is 1.14. The van der Waals surface area contributed by atoms with Gasteiger partial charge in [0.05, 0.1) is 11.1 Å². The van der Waals surface area contributed by atoms with Gasteiger partial charge in [-0.1, -0.05) is 0 Å². The van der Waals surface area contributed by atoms with Crippen molar-refractivity contribution in [3.63, 3.8) is 0 Å². The van der Waals surface area contributed by atoms with Gasteiger partial charge in [0.1, 0.15) is 11.6 Å². The van der Waals surface area contributed by atoms with E-state index in [2.05, 4.69) is 5.73 Å². The van der Waals surface area contributed by atoms with Gasteiger partial charge in [-0.25, -0.2) is 4.39 Å². The smallest absolute Gasteiger partial charge is 0.366 e. The molecule has 0 aliphatic heterocycles. The van der Waals surface area contributed by atoms with Crippen molar-refractivity contribution < 1.29 is 22.4 Å². The molecule has 1 rings (SSSR count). The lowest BCUT2D eigenvalue weighted by Crippen LogP contribution is -2.21. The first kappa shape index (κ1) is 12.0. The predicted molar refractivity (Wildman–Crippen MR) is 44.6 cm³/mol. The molecule has 1 aromatic rings. The number of alkyl halides is 3. The normalized spacial score (nSPS) is 10.9. The van der Waals surface area contributed by atoms with Crippen LogP contribution in [0.3, 0.4) is 0 Å². The molecular formula is C9H4F4N2O. The van der Waals surface area contributed by atoms with E-state index in [1.54, 1.807) is 0 Å². The summed E-state index contributed by atoms with van der Waals surface area (Å²) in [6.45, 7) is 0. The molecule has 0 radical (unpaired) electrons. The third-order valence-electron chi connectivity index (χ3n) is 1.81. The Hall–Kier alpha value is -2.10. The molecule has 0 unspecified atom stereocenters. The van der Waals surface area contributed by atoms with E-state index in [0.29, 0.717) is 6.07 Å². The Morgan fingerprint density at radius 1 is 1.38 bits per heavy atom. The molecule has 0 saturated carbocycles. The van der Waals surface area contributed by atoms with Crippen molar-refractivity contribution in [2.75, 3.05) is 0 Å². The Kier molecular flexibility index (Phi) is 2.85. The van der Waals surface area contributed by atoms with Crippen LogP contribution < -0.4 is 5.73 Å². The number of primary amides is 1. The zero-order valence-electron chi connectivity index (χ0n) is 7.60. The highest BCUT2D eigenvalue weighted by molar-refractivity contribution is 5.94. The van der Waals surface area contributed by atoms with Gasteiger partial charge in [-0.2, -0.15) is 18.4 Å². The molecule has 1 aromatic carbocycles. The summed E-state index contributed by atoms with van der Waals surface area (Å²) >= 11 is 0. The molecular weight excluding hydrogens is 228 g/mol. The van der Waals surface area contributed by atoms with E-state index in [-0.39, 0.29) is 0 Å². The van der Waals surface area contributed by atoms with Crippen molar-refractivity contribution in [1.82, 2.24) is 0 Å². The van der Waals surface area contributed by atoms with E-state index in [4.69, 9.17) is 5.26 Å². The molecule has 0 aromatic heterocycles. The van der Waals surface area contributed by atoms with Gasteiger partial charge in [0.25, 0.3) is 0 Å². The fourth-order valence-corrected chi connectivity index (χ4v) is 1.14. The van der Waals surface area contributed by atoms with Crippen molar-refractivity contribution in [2.45, 2.75) is 6.18 Å². The molecule has 84 valence electrons. The summed E-state index contributed by atoms with van der Waals surface area (Å²) in [5.74, 6) is -3.19. The van der Waals surface area contributed by atoms with E-state index in [9.17, 15) is 22.4 Å². The third-order valence-corrected chi connectivity index (χ3v) is 1.81. The maximum atomic E-state index is 13.2. The van der Waals surface area contributed by atoms with Crippen LogP contribution in [0.25, 0.3) is 0 Å². The van der Waals surface area contributed by atoms with Gasteiger partial charge in [0.15, 0.2) is 5.82 Å². The molecule has 1 amide bonds. The molecule has 0 fully saturated rings. The number of nitrogens with zero attached hydrogens (tertiary/aromatic N) is 1. The SMILES string of the molecule is N#Cc1ccc(C(N)=O)c(C(F)(F)F)c1F. The summed E-state index contributed by atoms with van der Waals surface area (Å²) in [5, 5.41) is 8.36.